The van der Waals surface area contributed by atoms with Crippen molar-refractivity contribution in [3.63, 3.8) is 0 Å². The second-order valence-electron chi connectivity index (χ2n) is 5.24. The highest BCUT2D eigenvalue weighted by Gasteiger charge is 2.07. The zero-order chi connectivity index (χ0) is 16.3. The molecule has 0 saturated carbocycles. The molecule has 0 bridgehead atoms. The Labute approximate surface area is 135 Å². The van der Waals surface area contributed by atoms with Gasteiger partial charge in [0.05, 0.1) is 16.3 Å². The molecular formula is C17H17N3O2S. The first-order valence-electron chi connectivity index (χ1n) is 7.17. The van der Waals surface area contributed by atoms with E-state index < -0.39 is 9.73 Å². The van der Waals surface area contributed by atoms with E-state index in [4.69, 9.17) is 4.52 Å². The fourth-order valence-electron chi connectivity index (χ4n) is 2.12. The van der Waals surface area contributed by atoms with E-state index in [1.54, 1.807) is 13.2 Å². The van der Waals surface area contributed by atoms with E-state index >= 15 is 0 Å². The van der Waals surface area contributed by atoms with Crippen molar-refractivity contribution in [2.45, 2.75) is 18.4 Å². The highest BCUT2D eigenvalue weighted by Crippen LogP contribution is 2.18. The Balaban J connectivity index is 1.79. The Bertz CT molecular complexity index is 909. The second kappa shape index (κ2) is 6.34. The van der Waals surface area contributed by atoms with Gasteiger partial charge in [0, 0.05) is 23.6 Å². The van der Waals surface area contributed by atoms with Gasteiger partial charge in [0.15, 0.2) is 0 Å². The summed E-state index contributed by atoms with van der Waals surface area (Å²) in [5.74, 6) is 1.10. The van der Waals surface area contributed by atoms with Crippen LogP contribution in [0.5, 0.6) is 0 Å². The lowest BCUT2D eigenvalue weighted by Gasteiger charge is -2.05. The van der Waals surface area contributed by atoms with Crippen molar-refractivity contribution in [2.24, 2.45) is 4.36 Å². The molecule has 2 aromatic carbocycles. The third-order valence-corrected chi connectivity index (χ3v) is 5.18. The SMILES string of the molecule is Cc1nc(-c2ccc(CN=S(C)(=O)c3ccccc3)cc2)no1. The fraction of sp³-hybridized carbons (Fsp3) is 0.176. The van der Waals surface area contributed by atoms with Crippen LogP contribution in [0.4, 0.5) is 0 Å². The molecule has 5 nitrogen and oxygen atoms in total. The van der Waals surface area contributed by atoms with Crippen LogP contribution in [0.1, 0.15) is 11.5 Å². The minimum atomic E-state index is -2.38. The summed E-state index contributed by atoms with van der Waals surface area (Å²) in [6.45, 7) is 2.15. The molecule has 0 aliphatic heterocycles. The number of rotatable bonds is 4. The molecule has 3 rings (SSSR count). The van der Waals surface area contributed by atoms with E-state index in [0.29, 0.717) is 18.3 Å². The number of nitrogens with zero attached hydrogens (tertiary/aromatic N) is 3. The molecular weight excluding hydrogens is 310 g/mol. The van der Waals surface area contributed by atoms with Gasteiger partial charge in [-0.2, -0.15) is 4.98 Å². The maximum absolute atomic E-state index is 12.7. The average Bonchev–Trinajstić information content (AvgIpc) is 3.01. The molecule has 1 unspecified atom stereocenters. The summed E-state index contributed by atoms with van der Waals surface area (Å²) in [6.07, 6.45) is 1.67. The zero-order valence-electron chi connectivity index (χ0n) is 13.0. The van der Waals surface area contributed by atoms with Gasteiger partial charge in [-0.15, -0.1) is 0 Å². The molecule has 6 heteroatoms. The number of aryl methyl sites for hydroxylation is 1. The van der Waals surface area contributed by atoms with Crippen LogP contribution in [-0.2, 0) is 16.3 Å². The van der Waals surface area contributed by atoms with Crippen LogP contribution in [0, 0.1) is 6.92 Å². The van der Waals surface area contributed by atoms with Crippen molar-refractivity contribution in [3.8, 4) is 11.4 Å². The smallest absolute Gasteiger partial charge is 0.223 e. The second-order valence-corrected chi connectivity index (χ2v) is 7.57. The van der Waals surface area contributed by atoms with Crippen molar-refractivity contribution < 1.29 is 8.73 Å². The quantitative estimate of drug-likeness (QED) is 0.732. The summed E-state index contributed by atoms with van der Waals surface area (Å²) in [5, 5.41) is 3.89. The molecule has 23 heavy (non-hydrogen) atoms. The predicted molar refractivity (Wildman–Crippen MR) is 89.4 cm³/mol. The topological polar surface area (TPSA) is 68.3 Å². The van der Waals surface area contributed by atoms with E-state index in [1.165, 1.54) is 0 Å². The average molecular weight is 327 g/mol. The van der Waals surface area contributed by atoms with Crippen LogP contribution in [0.15, 0.2) is 68.4 Å². The van der Waals surface area contributed by atoms with E-state index in [-0.39, 0.29) is 0 Å². The number of hydrogen-bond acceptors (Lipinski definition) is 5. The Kier molecular flexibility index (Phi) is 4.25. The molecule has 0 fully saturated rings. The lowest BCUT2D eigenvalue weighted by atomic mass is 10.1. The lowest BCUT2D eigenvalue weighted by Crippen LogP contribution is -1.98. The zero-order valence-corrected chi connectivity index (χ0v) is 13.8. The molecule has 0 N–H and O–H groups in total. The highest BCUT2D eigenvalue weighted by molar-refractivity contribution is 7.93. The molecule has 0 spiro atoms. The van der Waals surface area contributed by atoms with Crippen molar-refractivity contribution >= 4 is 9.73 Å². The maximum Gasteiger partial charge on any atom is 0.223 e. The molecule has 118 valence electrons. The minimum Gasteiger partial charge on any atom is -0.339 e. The summed E-state index contributed by atoms with van der Waals surface area (Å²) in [5.41, 5.74) is 1.87. The first kappa shape index (κ1) is 15.4. The first-order chi connectivity index (χ1) is 11.0. The van der Waals surface area contributed by atoms with Gasteiger partial charge in [0.2, 0.25) is 11.7 Å². The third-order valence-electron chi connectivity index (χ3n) is 3.41. The van der Waals surface area contributed by atoms with Crippen molar-refractivity contribution in [3.05, 3.63) is 66.1 Å². The summed E-state index contributed by atoms with van der Waals surface area (Å²) < 4.78 is 22.0. The minimum absolute atomic E-state index is 0.399. The Morgan fingerprint density at radius 3 is 2.39 bits per heavy atom. The third kappa shape index (κ3) is 3.65. The van der Waals surface area contributed by atoms with E-state index in [1.807, 2.05) is 54.6 Å². The number of benzene rings is 2. The molecule has 0 saturated heterocycles. The monoisotopic (exact) mass is 327 g/mol. The summed E-state index contributed by atoms with van der Waals surface area (Å²) in [6, 6.07) is 17.0. The molecule has 1 aromatic heterocycles. The summed E-state index contributed by atoms with van der Waals surface area (Å²) >= 11 is 0. The molecule has 3 aromatic rings. The Morgan fingerprint density at radius 2 is 1.78 bits per heavy atom. The van der Waals surface area contributed by atoms with Gasteiger partial charge < -0.3 is 4.52 Å². The van der Waals surface area contributed by atoms with Crippen molar-refractivity contribution in [1.29, 1.82) is 0 Å². The van der Waals surface area contributed by atoms with Gasteiger partial charge >= 0.3 is 0 Å². The van der Waals surface area contributed by atoms with Crippen LogP contribution in [0.2, 0.25) is 0 Å². The lowest BCUT2D eigenvalue weighted by molar-refractivity contribution is 0.394. The molecule has 0 aliphatic rings. The highest BCUT2D eigenvalue weighted by atomic mass is 32.2. The van der Waals surface area contributed by atoms with E-state index in [2.05, 4.69) is 14.5 Å². The van der Waals surface area contributed by atoms with E-state index in [9.17, 15) is 4.21 Å². The molecule has 0 aliphatic carbocycles. The predicted octanol–water partition coefficient (Wildman–Crippen LogP) is 3.70. The van der Waals surface area contributed by atoms with Gasteiger partial charge in [-0.3, -0.25) is 0 Å². The van der Waals surface area contributed by atoms with Gasteiger partial charge in [0.25, 0.3) is 0 Å². The first-order valence-corrected chi connectivity index (χ1v) is 9.09. The van der Waals surface area contributed by atoms with Crippen LogP contribution in [-0.4, -0.2) is 20.6 Å². The molecule has 1 heterocycles. The molecule has 0 amide bonds. The van der Waals surface area contributed by atoms with Crippen molar-refractivity contribution in [1.82, 2.24) is 10.1 Å². The van der Waals surface area contributed by atoms with Gasteiger partial charge in [-0.05, 0) is 17.7 Å². The largest absolute Gasteiger partial charge is 0.339 e. The maximum atomic E-state index is 12.7. The Hall–Kier alpha value is -2.47. The van der Waals surface area contributed by atoms with Gasteiger partial charge in [0.1, 0.15) is 0 Å². The van der Waals surface area contributed by atoms with Crippen LogP contribution < -0.4 is 0 Å². The fourth-order valence-corrected chi connectivity index (χ4v) is 3.33. The van der Waals surface area contributed by atoms with E-state index in [0.717, 1.165) is 16.0 Å². The van der Waals surface area contributed by atoms with Crippen molar-refractivity contribution in [2.75, 3.05) is 6.26 Å². The van der Waals surface area contributed by atoms with Crippen LogP contribution in [0.25, 0.3) is 11.4 Å². The van der Waals surface area contributed by atoms with Gasteiger partial charge in [-0.25, -0.2) is 8.57 Å². The molecule has 0 radical (unpaired) electrons. The summed E-state index contributed by atoms with van der Waals surface area (Å²) in [7, 11) is -2.38. The van der Waals surface area contributed by atoms with Gasteiger partial charge in [-0.1, -0.05) is 47.6 Å². The summed E-state index contributed by atoms with van der Waals surface area (Å²) in [4.78, 5) is 4.94. The number of aromatic nitrogens is 2. The number of hydrogen-bond donors (Lipinski definition) is 0. The Morgan fingerprint density at radius 1 is 1.09 bits per heavy atom. The molecule has 1 atom stereocenters. The van der Waals surface area contributed by atoms with Crippen LogP contribution in [0.3, 0.4) is 0 Å². The standard InChI is InChI=1S/C17H17N3O2S/c1-13-19-17(20-22-13)15-10-8-14(9-11-15)12-18-23(2,21)16-6-4-3-5-7-16/h3-11H,12H2,1-2H3. The van der Waals surface area contributed by atoms with Crippen LogP contribution >= 0.6 is 0 Å². The normalized spacial score (nSPS) is 13.5.